The van der Waals surface area contributed by atoms with Gasteiger partial charge in [0.1, 0.15) is 5.82 Å². The maximum absolute atomic E-state index is 13.1. The first-order valence-electron chi connectivity index (χ1n) is 9.23. The van der Waals surface area contributed by atoms with E-state index >= 15 is 0 Å². The molecular formula is C21H19BrN4O2S. The summed E-state index contributed by atoms with van der Waals surface area (Å²) in [7, 11) is 0. The summed E-state index contributed by atoms with van der Waals surface area (Å²) in [6.07, 6.45) is 0. The Labute approximate surface area is 179 Å². The molecule has 148 valence electrons. The smallest absolute Gasteiger partial charge is 0.262 e. The number of aromatic amines is 1. The monoisotopic (exact) mass is 470 g/mol. The van der Waals surface area contributed by atoms with Crippen LogP contribution < -0.4 is 11.1 Å². The Hall–Kier alpha value is -2.45. The number of aromatic nitrogens is 4. The number of nitrogens with zero attached hydrogens (tertiary/aromatic N) is 3. The second-order valence-electron chi connectivity index (χ2n) is 7.18. The normalized spacial score (nSPS) is 11.6. The van der Waals surface area contributed by atoms with Gasteiger partial charge in [-0.05, 0) is 36.2 Å². The van der Waals surface area contributed by atoms with Crippen molar-refractivity contribution in [3.05, 3.63) is 73.5 Å². The third-order valence-electron chi connectivity index (χ3n) is 4.43. The predicted octanol–water partition coefficient (Wildman–Crippen LogP) is 4.34. The first-order chi connectivity index (χ1) is 13.9. The van der Waals surface area contributed by atoms with Crippen LogP contribution in [0.5, 0.6) is 0 Å². The van der Waals surface area contributed by atoms with Crippen molar-refractivity contribution in [2.24, 2.45) is 5.92 Å². The first kappa shape index (κ1) is 19.8. The Bertz CT molecular complexity index is 1330. The summed E-state index contributed by atoms with van der Waals surface area (Å²) in [6.45, 7) is 4.70. The van der Waals surface area contributed by atoms with Crippen LogP contribution in [0.4, 0.5) is 0 Å². The van der Waals surface area contributed by atoms with Crippen molar-refractivity contribution in [3.63, 3.8) is 0 Å². The first-order valence-corrected chi connectivity index (χ1v) is 11.0. The fourth-order valence-electron chi connectivity index (χ4n) is 3.15. The van der Waals surface area contributed by atoms with Crippen molar-refractivity contribution < 1.29 is 0 Å². The summed E-state index contributed by atoms with van der Waals surface area (Å²) < 4.78 is 2.56. The second kappa shape index (κ2) is 8.12. The van der Waals surface area contributed by atoms with E-state index in [1.165, 1.54) is 11.8 Å². The van der Waals surface area contributed by atoms with Crippen LogP contribution in [0.15, 0.2) is 61.7 Å². The summed E-state index contributed by atoms with van der Waals surface area (Å²) in [5.74, 6) is 1.25. The van der Waals surface area contributed by atoms with Gasteiger partial charge in [-0.1, -0.05) is 53.7 Å². The zero-order valence-electron chi connectivity index (χ0n) is 16.0. The number of fused-ring (bicyclic) bond motifs is 2. The highest BCUT2D eigenvalue weighted by Gasteiger charge is 2.14. The van der Waals surface area contributed by atoms with Crippen LogP contribution in [0.2, 0.25) is 0 Å². The maximum Gasteiger partial charge on any atom is 0.262 e. The number of halogens is 1. The van der Waals surface area contributed by atoms with Crippen molar-refractivity contribution in [1.82, 2.24) is 19.5 Å². The van der Waals surface area contributed by atoms with Gasteiger partial charge in [-0.15, -0.1) is 0 Å². The molecule has 29 heavy (non-hydrogen) atoms. The molecule has 4 rings (SSSR count). The number of hydrogen-bond acceptors (Lipinski definition) is 5. The Morgan fingerprint density at radius 3 is 2.62 bits per heavy atom. The molecule has 0 fully saturated rings. The molecule has 0 atom stereocenters. The number of hydrogen-bond donors (Lipinski definition) is 1. The molecule has 0 bridgehead atoms. The third kappa shape index (κ3) is 4.13. The Kier molecular flexibility index (Phi) is 5.56. The molecule has 0 aliphatic carbocycles. The van der Waals surface area contributed by atoms with Gasteiger partial charge < -0.3 is 4.98 Å². The lowest BCUT2D eigenvalue weighted by Crippen LogP contribution is -2.25. The van der Waals surface area contributed by atoms with Crippen LogP contribution in [0.1, 0.15) is 19.7 Å². The van der Waals surface area contributed by atoms with E-state index in [4.69, 9.17) is 4.98 Å². The minimum Gasteiger partial charge on any atom is -0.309 e. The fraction of sp³-hybridized carbons (Fsp3) is 0.238. The second-order valence-corrected chi connectivity index (χ2v) is 9.04. The predicted molar refractivity (Wildman–Crippen MR) is 120 cm³/mol. The summed E-state index contributed by atoms with van der Waals surface area (Å²) in [4.78, 5) is 37.5. The molecule has 0 saturated heterocycles. The van der Waals surface area contributed by atoms with Crippen LogP contribution in [-0.4, -0.2) is 19.5 Å². The Morgan fingerprint density at radius 1 is 1.07 bits per heavy atom. The van der Waals surface area contributed by atoms with Crippen molar-refractivity contribution in [2.75, 3.05) is 0 Å². The topological polar surface area (TPSA) is 80.6 Å². The minimum atomic E-state index is -0.165. The molecule has 6 nitrogen and oxygen atoms in total. The number of para-hydroxylation sites is 1. The van der Waals surface area contributed by atoms with E-state index in [2.05, 4.69) is 39.7 Å². The quantitative estimate of drug-likeness (QED) is 0.346. The van der Waals surface area contributed by atoms with Crippen molar-refractivity contribution in [2.45, 2.75) is 31.3 Å². The maximum atomic E-state index is 13.1. The summed E-state index contributed by atoms with van der Waals surface area (Å²) in [5.41, 5.74) is 1.08. The molecule has 0 spiro atoms. The lowest BCUT2D eigenvalue weighted by atomic mass is 10.2. The highest BCUT2D eigenvalue weighted by molar-refractivity contribution is 9.10. The highest BCUT2D eigenvalue weighted by Crippen LogP contribution is 2.23. The van der Waals surface area contributed by atoms with Crippen LogP contribution in [0.25, 0.3) is 21.8 Å². The fourth-order valence-corrected chi connectivity index (χ4v) is 4.39. The molecule has 0 radical (unpaired) electrons. The van der Waals surface area contributed by atoms with E-state index in [1.807, 2.05) is 30.3 Å². The lowest BCUT2D eigenvalue weighted by molar-refractivity contribution is 0.475. The van der Waals surface area contributed by atoms with Crippen LogP contribution in [0.3, 0.4) is 0 Å². The van der Waals surface area contributed by atoms with E-state index in [1.54, 1.807) is 16.7 Å². The van der Waals surface area contributed by atoms with Crippen molar-refractivity contribution in [3.8, 4) is 0 Å². The number of nitrogens with one attached hydrogen (secondary N) is 1. The molecule has 0 aliphatic rings. The van der Waals surface area contributed by atoms with E-state index in [-0.39, 0.29) is 17.0 Å². The van der Waals surface area contributed by atoms with Gasteiger partial charge in [0.2, 0.25) is 0 Å². The third-order valence-corrected chi connectivity index (χ3v) is 5.91. The standard InChI is InChI=1S/C21H19BrN4O2S/c1-12(2)10-26-20(28)15-9-13(22)7-8-17(15)24-21(26)29-11-18-23-16-6-4-3-5-14(16)19(27)25-18/h3-9,12H,10-11H2,1-2H3,(H,23,25,27). The largest absolute Gasteiger partial charge is 0.309 e. The van der Waals surface area contributed by atoms with Crippen LogP contribution >= 0.6 is 27.7 Å². The minimum absolute atomic E-state index is 0.0625. The molecule has 0 amide bonds. The van der Waals surface area contributed by atoms with Crippen LogP contribution in [-0.2, 0) is 12.3 Å². The molecule has 4 aromatic rings. The summed E-state index contributed by atoms with van der Waals surface area (Å²) in [6, 6.07) is 12.8. The van der Waals surface area contributed by atoms with Gasteiger partial charge in [-0.25, -0.2) is 9.97 Å². The van der Waals surface area contributed by atoms with Gasteiger partial charge in [-0.3, -0.25) is 14.2 Å². The zero-order valence-corrected chi connectivity index (χ0v) is 18.4. The van der Waals surface area contributed by atoms with Gasteiger partial charge in [0.25, 0.3) is 11.1 Å². The SMILES string of the molecule is CC(C)Cn1c(SCc2nc3ccccc3c(=O)[nH]2)nc2ccc(Br)cc2c1=O. The van der Waals surface area contributed by atoms with E-state index in [9.17, 15) is 9.59 Å². The van der Waals surface area contributed by atoms with E-state index in [0.29, 0.717) is 45.1 Å². The van der Waals surface area contributed by atoms with Crippen molar-refractivity contribution in [1.29, 1.82) is 0 Å². The van der Waals surface area contributed by atoms with Crippen molar-refractivity contribution >= 4 is 49.5 Å². The molecule has 0 saturated carbocycles. The number of benzene rings is 2. The number of thioether (sulfide) groups is 1. The molecule has 0 aliphatic heterocycles. The van der Waals surface area contributed by atoms with Gasteiger partial charge in [0, 0.05) is 11.0 Å². The average Bonchev–Trinajstić information content (AvgIpc) is 2.69. The van der Waals surface area contributed by atoms with E-state index < -0.39 is 0 Å². The number of rotatable bonds is 5. The van der Waals surface area contributed by atoms with Crippen LogP contribution in [0, 0.1) is 5.92 Å². The van der Waals surface area contributed by atoms with Gasteiger partial charge in [0.15, 0.2) is 5.16 Å². The Balaban J connectivity index is 1.74. The lowest BCUT2D eigenvalue weighted by Gasteiger charge is -2.15. The molecule has 8 heteroatoms. The molecule has 1 N–H and O–H groups in total. The molecule has 2 aromatic carbocycles. The Morgan fingerprint density at radius 2 is 1.83 bits per heavy atom. The molecular weight excluding hydrogens is 452 g/mol. The highest BCUT2D eigenvalue weighted by atomic mass is 79.9. The summed E-state index contributed by atoms with van der Waals surface area (Å²) in [5, 5.41) is 1.77. The number of H-pyrrole nitrogens is 1. The molecule has 2 aromatic heterocycles. The summed E-state index contributed by atoms with van der Waals surface area (Å²) >= 11 is 4.83. The van der Waals surface area contributed by atoms with E-state index in [0.717, 1.165) is 4.47 Å². The molecule has 2 heterocycles. The molecule has 0 unspecified atom stereocenters. The average molecular weight is 471 g/mol. The van der Waals surface area contributed by atoms with Gasteiger partial charge in [0.05, 0.1) is 27.6 Å². The zero-order chi connectivity index (χ0) is 20.5. The van der Waals surface area contributed by atoms with Gasteiger partial charge >= 0.3 is 0 Å². The van der Waals surface area contributed by atoms with Gasteiger partial charge in [-0.2, -0.15) is 0 Å².